The van der Waals surface area contributed by atoms with Crippen LogP contribution in [-0.4, -0.2) is 189 Å². The summed E-state index contributed by atoms with van der Waals surface area (Å²) in [5, 5.41) is 9.33. The number of pyridine rings is 2. The molecule has 3 saturated heterocycles. The topological polar surface area (TPSA) is 199 Å². The van der Waals surface area contributed by atoms with Gasteiger partial charge >= 0.3 is 12.3 Å². The Morgan fingerprint density at radius 3 is 1.70 bits per heavy atom. The van der Waals surface area contributed by atoms with Crippen LogP contribution in [0.1, 0.15) is 116 Å². The summed E-state index contributed by atoms with van der Waals surface area (Å²) in [5.41, 5.74) is 15.2. The lowest BCUT2D eigenvalue weighted by Crippen LogP contribution is -2.50. The van der Waals surface area contributed by atoms with Gasteiger partial charge in [-0.1, -0.05) is 26.7 Å². The fourth-order valence-corrected chi connectivity index (χ4v) is 11.4. The first-order valence-electron chi connectivity index (χ1n) is 32.6. The number of hydrogen-bond donors (Lipinski definition) is 3. The molecule has 0 saturated carbocycles. The summed E-state index contributed by atoms with van der Waals surface area (Å²) in [5.74, 6) is 5.08. The van der Waals surface area contributed by atoms with Crippen LogP contribution >= 0.6 is 0 Å². The van der Waals surface area contributed by atoms with Crippen molar-refractivity contribution >= 4 is 79.3 Å². The van der Waals surface area contributed by atoms with Gasteiger partial charge in [-0.2, -0.15) is 13.2 Å². The molecule has 0 spiro atoms. The van der Waals surface area contributed by atoms with Crippen LogP contribution in [0.4, 0.5) is 41.0 Å². The van der Waals surface area contributed by atoms with E-state index >= 15 is 0 Å². The van der Waals surface area contributed by atoms with Gasteiger partial charge in [-0.3, -0.25) is 4.79 Å². The van der Waals surface area contributed by atoms with E-state index in [0.717, 1.165) is 215 Å². The summed E-state index contributed by atoms with van der Waals surface area (Å²) in [7, 11) is 11.9. The second-order valence-electron chi connectivity index (χ2n) is 25.0. The van der Waals surface area contributed by atoms with E-state index in [4.69, 9.17) is 49.4 Å². The average Bonchev–Trinajstić information content (AvgIpc) is 1.66. The van der Waals surface area contributed by atoms with Crippen LogP contribution in [0.2, 0.25) is 0 Å². The predicted molar refractivity (Wildman–Crippen MR) is 361 cm³/mol. The van der Waals surface area contributed by atoms with Crippen molar-refractivity contribution in [3.8, 4) is 11.5 Å². The van der Waals surface area contributed by atoms with Gasteiger partial charge in [0.05, 0.1) is 36.3 Å². The molecule has 0 unspecified atom stereocenters. The van der Waals surface area contributed by atoms with Gasteiger partial charge < -0.3 is 68.9 Å². The molecule has 7 heterocycles. The summed E-state index contributed by atoms with van der Waals surface area (Å²) in [6, 6.07) is 19.0. The smallest absolute Gasteiger partial charge is 0.446 e. The standard InChI is InChI=1S/C38H55N7O4.C24H37N7.C4H8O.C2HF3O/c1-9-10-13-33-41-34-35(45(33)19-12-11-18-42(5)6)30-24-28(43-20-22-44(23-21-43)37(46)49-38(2,3)4)15-17-31(30)40-36(34)39-26-27-14-16-29(47-7)25-32(27)48-8;1-4-5-8-21-28-22-23(31(21)14-7-6-13-29(2)3)19-17-18(30-15-11-26-12-16-30)9-10-20(19)27-24(22)25;1-2-4-5-3-1;3-2(4,5)1-6/h14-17,24-25H,9-13,18-23,26H2,1-8H3,(H,39,40);9-10,17,26H,4-8,11-16H2,1-3H3,(H2,25,27);1-4H2;1H. The monoisotopic (exact) mass is 1270 g/mol. The minimum atomic E-state index is -4.64. The number of carbonyl (C=O) groups excluding carboxylic acids is 2. The highest BCUT2D eigenvalue weighted by Crippen LogP contribution is 2.36. The number of methoxy groups -OCH3 is 2. The molecule has 0 atom stereocenters. The normalized spacial score (nSPS) is 14.6. The number of aldehydes is 1. The molecular formula is C68H101F3N14O6. The maximum absolute atomic E-state index is 12.7. The summed E-state index contributed by atoms with van der Waals surface area (Å²) >= 11 is 0. The lowest BCUT2D eigenvalue weighted by Gasteiger charge is -2.36. The van der Waals surface area contributed by atoms with Crippen molar-refractivity contribution in [2.75, 3.05) is 142 Å². The largest absolute Gasteiger partial charge is 0.497 e. The number of rotatable bonds is 23. The van der Waals surface area contributed by atoms with Crippen LogP contribution in [0.3, 0.4) is 0 Å². The maximum atomic E-state index is 12.7. The van der Waals surface area contributed by atoms with Gasteiger partial charge in [0.1, 0.15) is 39.8 Å². The number of piperazine rings is 2. The zero-order chi connectivity index (χ0) is 65.7. The molecule has 0 aliphatic carbocycles. The van der Waals surface area contributed by atoms with Gasteiger partial charge in [-0.05, 0) is 162 Å². The third-order valence-electron chi connectivity index (χ3n) is 16.2. The van der Waals surface area contributed by atoms with Crippen LogP contribution in [0.25, 0.3) is 43.9 Å². The Kier molecular flexibility index (Phi) is 27.0. The highest BCUT2D eigenvalue weighted by Gasteiger charge is 2.28. The minimum Gasteiger partial charge on any atom is -0.497 e. The number of hydrogen-bond acceptors (Lipinski definition) is 17. The molecule has 7 aromatic rings. The molecule has 3 aliphatic rings. The number of alkyl halides is 3. The first kappa shape index (κ1) is 71.2. The number of benzene rings is 3. The Hall–Kier alpha value is -7.21. The molecule has 0 bridgehead atoms. The highest BCUT2D eigenvalue weighted by molar-refractivity contribution is 6.09. The number of halogens is 3. The van der Waals surface area contributed by atoms with Gasteiger partial charge in [-0.25, -0.2) is 24.7 Å². The fraction of sp³-hybridized carbons (Fsp3) is 0.588. The van der Waals surface area contributed by atoms with Gasteiger partial charge in [0, 0.05) is 132 Å². The number of anilines is 4. The van der Waals surface area contributed by atoms with Gasteiger partial charge in [-0.15, -0.1) is 0 Å². The van der Waals surface area contributed by atoms with Crippen molar-refractivity contribution in [2.45, 2.75) is 143 Å². The molecule has 3 fully saturated rings. The van der Waals surface area contributed by atoms with Gasteiger partial charge in [0.15, 0.2) is 11.6 Å². The quantitative estimate of drug-likeness (QED) is 0.0403. The van der Waals surface area contributed by atoms with E-state index in [1.165, 1.54) is 30.3 Å². The number of ether oxygens (including phenoxy) is 4. The number of unbranched alkanes of at least 4 members (excludes halogenated alkanes) is 4. The number of nitrogens with one attached hydrogen (secondary N) is 2. The lowest BCUT2D eigenvalue weighted by molar-refractivity contribution is -0.156. The number of amides is 1. The van der Waals surface area contributed by atoms with Crippen molar-refractivity contribution in [3.05, 3.63) is 71.8 Å². The van der Waals surface area contributed by atoms with E-state index in [1.807, 2.05) is 39.0 Å². The van der Waals surface area contributed by atoms with Crippen molar-refractivity contribution in [3.63, 3.8) is 0 Å². The Morgan fingerprint density at radius 1 is 0.692 bits per heavy atom. The summed E-state index contributed by atoms with van der Waals surface area (Å²) < 4.78 is 57.8. The van der Waals surface area contributed by atoms with Crippen LogP contribution in [0, 0.1) is 0 Å². The number of nitrogen functional groups attached to an aromatic ring is 1. The van der Waals surface area contributed by atoms with Crippen LogP contribution < -0.4 is 35.6 Å². The van der Waals surface area contributed by atoms with E-state index in [-0.39, 0.29) is 6.09 Å². The second-order valence-corrected chi connectivity index (χ2v) is 25.0. The summed E-state index contributed by atoms with van der Waals surface area (Å²) in [4.78, 5) is 52.7. The molecule has 23 heteroatoms. The van der Waals surface area contributed by atoms with Crippen molar-refractivity contribution < 1.29 is 41.7 Å². The SMILES string of the molecule is C1CCOC1.CCCCc1nc2c(N)nc3ccc(N4CCNCC4)cc3c2n1CCCCN(C)C.CCCCc1nc2c(NCc3ccc(OC)cc3OC)nc3ccc(N4CCN(C(=O)OC(C)(C)C)CC4)cc3c2n1CCCCN(C)C.O=CC(F)(F)F. The van der Waals surface area contributed by atoms with Gasteiger partial charge in [0.2, 0.25) is 6.29 Å². The first-order chi connectivity index (χ1) is 43.6. The third-order valence-corrected chi connectivity index (χ3v) is 16.2. The molecule has 10 rings (SSSR count). The van der Waals surface area contributed by atoms with Crippen molar-refractivity contribution in [1.29, 1.82) is 0 Å². The van der Waals surface area contributed by atoms with Crippen LogP contribution in [0.5, 0.6) is 11.5 Å². The van der Waals surface area contributed by atoms with E-state index in [0.29, 0.717) is 25.5 Å². The Labute approximate surface area is 536 Å². The highest BCUT2D eigenvalue weighted by atomic mass is 19.4. The van der Waals surface area contributed by atoms with Crippen molar-refractivity contribution in [2.24, 2.45) is 0 Å². The number of imidazole rings is 2. The van der Waals surface area contributed by atoms with E-state index < -0.39 is 18.1 Å². The zero-order valence-corrected chi connectivity index (χ0v) is 55.9. The van der Waals surface area contributed by atoms with E-state index in [9.17, 15) is 18.0 Å². The minimum absolute atomic E-state index is 0.248. The second kappa shape index (κ2) is 34.5. The fourth-order valence-electron chi connectivity index (χ4n) is 11.4. The maximum Gasteiger partial charge on any atom is 0.446 e. The van der Waals surface area contributed by atoms with E-state index in [1.54, 1.807) is 19.1 Å². The molecule has 500 valence electrons. The number of nitrogens with zero attached hydrogens (tertiary/aromatic N) is 11. The number of fused-ring (bicyclic) bond motifs is 6. The number of carbonyl (C=O) groups is 2. The summed E-state index contributed by atoms with van der Waals surface area (Å²) in [6.45, 7) is 23.5. The molecule has 3 aromatic carbocycles. The first-order valence-corrected chi connectivity index (χ1v) is 32.6. The molecular weight excluding hydrogens is 1170 g/mol. The lowest BCUT2D eigenvalue weighted by atomic mass is 10.1. The molecule has 0 radical (unpaired) electrons. The van der Waals surface area contributed by atoms with Crippen LogP contribution in [0.15, 0.2) is 54.6 Å². The molecule has 1 amide bonds. The molecule has 4 aromatic heterocycles. The molecule has 3 aliphatic heterocycles. The summed E-state index contributed by atoms with van der Waals surface area (Å²) in [6.07, 6.45) is 7.45. The Morgan fingerprint density at radius 2 is 1.22 bits per heavy atom. The van der Waals surface area contributed by atoms with Crippen molar-refractivity contribution in [1.82, 2.24) is 49.1 Å². The van der Waals surface area contributed by atoms with Gasteiger partial charge in [0.25, 0.3) is 0 Å². The average molecular weight is 1270 g/mol. The molecule has 91 heavy (non-hydrogen) atoms. The number of aryl methyl sites for hydroxylation is 4. The van der Waals surface area contributed by atoms with E-state index in [2.05, 4.69) is 118 Å². The Bertz CT molecular complexity index is 3410. The number of nitrogens with two attached hydrogens (primary N) is 1. The third kappa shape index (κ3) is 20.6. The molecule has 4 N–H and O–H groups in total. The number of aromatic nitrogens is 6. The predicted octanol–water partition coefficient (Wildman–Crippen LogP) is 11.8. The Balaban J connectivity index is 0.000000236. The zero-order valence-electron chi connectivity index (χ0n) is 55.9. The van der Waals surface area contributed by atoms with Crippen LogP contribution in [-0.2, 0) is 46.7 Å². The molecule has 20 nitrogen and oxygen atoms in total.